The molecule has 0 spiro atoms. The number of benzene rings is 9. The number of nitrogens with zero attached hydrogens (tertiary/aromatic N) is 1. The third-order valence-electron chi connectivity index (χ3n) is 11.8. The highest BCUT2D eigenvalue weighted by Crippen LogP contribution is 2.47. The molecule has 0 radical (unpaired) electrons. The summed E-state index contributed by atoms with van der Waals surface area (Å²) in [5, 5.41) is 7.67. The van der Waals surface area contributed by atoms with Crippen LogP contribution in [-0.4, -0.2) is 12.3 Å². The van der Waals surface area contributed by atoms with E-state index in [4.69, 9.17) is 0 Å². The minimum absolute atomic E-state index is 0.819. The predicted octanol–water partition coefficient (Wildman–Crippen LogP) is 13.0. The quantitative estimate of drug-likeness (QED) is 0.179. The molecule has 9 aromatic carbocycles. The third-order valence-corrected chi connectivity index (χ3v) is 12.9. The number of H-pyrrole nitrogens is 1. The number of nitrogens with one attached hydrogen (secondary N) is 1. The van der Waals surface area contributed by atoms with Crippen LogP contribution in [0.3, 0.4) is 0 Å². The van der Waals surface area contributed by atoms with Gasteiger partial charge >= 0.3 is 0 Å². The van der Waals surface area contributed by atoms with E-state index in [0.29, 0.717) is 0 Å². The van der Waals surface area contributed by atoms with Crippen molar-refractivity contribution in [3.8, 4) is 33.4 Å². The van der Waals surface area contributed by atoms with E-state index in [1.165, 1.54) is 108 Å². The number of thiophene rings is 1. The number of aromatic amines is 1. The van der Waals surface area contributed by atoms with E-state index >= 15 is 0 Å². The minimum Gasteiger partial charge on any atom is -0.354 e. The minimum atomic E-state index is 0.819. The van der Waals surface area contributed by atoms with Gasteiger partial charge in [0.1, 0.15) is 0 Å². The molecule has 3 heterocycles. The van der Waals surface area contributed by atoms with Gasteiger partial charge in [-0.15, -0.1) is 11.3 Å². The zero-order valence-corrected chi connectivity index (χ0v) is 31.3. The van der Waals surface area contributed by atoms with E-state index in [0.717, 1.165) is 13.0 Å². The van der Waals surface area contributed by atoms with Crippen molar-refractivity contribution in [2.45, 2.75) is 0 Å². The normalized spacial score (nSPS) is 12.4. The summed E-state index contributed by atoms with van der Waals surface area (Å²) >= 11 is 1.90. The van der Waals surface area contributed by atoms with Crippen LogP contribution in [0.5, 0.6) is 0 Å². The second-order valence-electron chi connectivity index (χ2n) is 15.0. The summed E-state index contributed by atoms with van der Waals surface area (Å²) in [4.78, 5) is 6.47. The Kier molecular flexibility index (Phi) is 6.93. The van der Waals surface area contributed by atoms with Gasteiger partial charge in [0.25, 0.3) is 0 Å². The average molecular weight is 729 g/mol. The van der Waals surface area contributed by atoms with Gasteiger partial charge in [-0.3, -0.25) is 0 Å². The largest absolute Gasteiger partial charge is 0.354 e. The number of fused-ring (bicyclic) bond motifs is 9. The molecule has 56 heavy (non-hydrogen) atoms. The summed E-state index contributed by atoms with van der Waals surface area (Å²) in [7, 11) is 0.819. The molecule has 0 unspecified atom stereocenters. The first-order chi connectivity index (χ1) is 27.7. The zero-order chi connectivity index (χ0) is 36.7. The first-order valence-electron chi connectivity index (χ1n) is 19.3. The summed E-state index contributed by atoms with van der Waals surface area (Å²) in [5.74, 6) is 0. The molecule has 4 heteroatoms. The van der Waals surface area contributed by atoms with Crippen LogP contribution in [0, 0.1) is 0 Å². The van der Waals surface area contributed by atoms with Gasteiger partial charge in [0.15, 0.2) is 7.28 Å². The van der Waals surface area contributed by atoms with Gasteiger partial charge in [-0.1, -0.05) is 151 Å². The molecule has 0 aliphatic carbocycles. The van der Waals surface area contributed by atoms with Gasteiger partial charge in [-0.2, -0.15) is 0 Å². The maximum absolute atomic E-state index is 3.95. The Morgan fingerprint density at radius 1 is 0.464 bits per heavy atom. The lowest BCUT2D eigenvalue weighted by Crippen LogP contribution is -2.41. The van der Waals surface area contributed by atoms with Gasteiger partial charge < -0.3 is 9.88 Å². The van der Waals surface area contributed by atoms with Crippen molar-refractivity contribution in [1.82, 2.24) is 4.98 Å². The topological polar surface area (TPSA) is 19.0 Å². The molecule has 1 aliphatic heterocycles. The fourth-order valence-corrected chi connectivity index (χ4v) is 10.3. The van der Waals surface area contributed by atoms with Crippen LogP contribution in [0.1, 0.15) is 0 Å². The second-order valence-corrected chi connectivity index (χ2v) is 16.0. The molecule has 0 bridgehead atoms. The van der Waals surface area contributed by atoms with Crippen molar-refractivity contribution in [2.75, 3.05) is 4.90 Å². The molecule has 12 rings (SSSR count). The van der Waals surface area contributed by atoms with E-state index in [2.05, 4.69) is 198 Å². The van der Waals surface area contributed by atoms with Crippen LogP contribution in [-0.2, 0) is 0 Å². The lowest BCUT2D eigenvalue weighted by atomic mass is 9.57. The Labute approximate surface area is 329 Å². The lowest BCUT2D eigenvalue weighted by molar-refractivity contribution is 1.30. The van der Waals surface area contributed by atoms with E-state index < -0.39 is 0 Å². The smallest absolute Gasteiger partial charge is 0.198 e. The van der Waals surface area contributed by atoms with E-state index in [1.807, 2.05) is 11.3 Å². The maximum Gasteiger partial charge on any atom is 0.198 e. The average Bonchev–Trinajstić information content (AvgIpc) is 3.82. The number of para-hydroxylation sites is 1. The SMILES string of the molecule is B1c2cc(-c3ccccc3)ccc2N(c2ccc(-c3ccccc3)cc2)c2cc3sc4ccccc4c3c(-c3cccc4c3[nH]c3cc5ccccc5cc34)c21. The molecule has 0 fully saturated rings. The molecular weight excluding hydrogens is 695 g/mol. The highest BCUT2D eigenvalue weighted by Gasteiger charge is 2.31. The molecule has 11 aromatic rings. The fourth-order valence-electron chi connectivity index (χ4n) is 9.20. The summed E-state index contributed by atoms with van der Waals surface area (Å²) < 4.78 is 2.61. The molecule has 0 amide bonds. The Bertz CT molecular complexity index is 3330. The highest BCUT2D eigenvalue weighted by molar-refractivity contribution is 7.26. The molecular formula is C52H33BN2S. The van der Waals surface area contributed by atoms with Gasteiger partial charge in [0.2, 0.25) is 0 Å². The number of rotatable bonds is 4. The number of aromatic nitrogens is 1. The summed E-state index contributed by atoms with van der Waals surface area (Å²) in [5.41, 5.74) is 16.1. The van der Waals surface area contributed by atoms with Crippen LogP contribution in [0.2, 0.25) is 0 Å². The fraction of sp³-hybridized carbons (Fsp3) is 0. The first kappa shape index (κ1) is 31.5. The van der Waals surface area contributed by atoms with Gasteiger partial charge in [-0.25, -0.2) is 0 Å². The van der Waals surface area contributed by atoms with Crippen molar-refractivity contribution in [3.63, 3.8) is 0 Å². The molecule has 0 saturated carbocycles. The summed E-state index contributed by atoms with van der Waals surface area (Å²) in [6.07, 6.45) is 0. The van der Waals surface area contributed by atoms with Gasteiger partial charge in [0.05, 0.1) is 5.52 Å². The number of hydrogen-bond acceptors (Lipinski definition) is 2. The Hall–Kier alpha value is -6.88. The standard InChI is InChI=1S/C52H33BN2S/c1-3-12-32(13-4-1)34-22-25-38(26-23-34)55-45-27-24-37(33-14-5-2-6-15-33)29-43(45)53-51-46(55)31-48-49(40-18-9-10-21-47(40)56-48)50(51)41-20-11-19-39-42-28-35-16-7-8-17-36(35)30-44(42)54-52(39)41/h1-31,53-54H. The molecule has 260 valence electrons. The Balaban J connectivity index is 1.16. The monoisotopic (exact) mass is 728 g/mol. The highest BCUT2D eigenvalue weighted by atomic mass is 32.1. The van der Waals surface area contributed by atoms with Crippen molar-refractivity contribution < 1.29 is 0 Å². The zero-order valence-electron chi connectivity index (χ0n) is 30.5. The van der Waals surface area contributed by atoms with E-state index in [1.54, 1.807) is 0 Å². The van der Waals surface area contributed by atoms with Gasteiger partial charge in [-0.05, 0) is 86.5 Å². The summed E-state index contributed by atoms with van der Waals surface area (Å²) in [6.45, 7) is 0. The van der Waals surface area contributed by atoms with Crippen LogP contribution in [0.25, 0.3) is 86.1 Å². The van der Waals surface area contributed by atoms with Crippen molar-refractivity contribution in [3.05, 3.63) is 188 Å². The molecule has 0 saturated heterocycles. The van der Waals surface area contributed by atoms with Crippen molar-refractivity contribution in [2.24, 2.45) is 0 Å². The molecule has 2 nitrogen and oxygen atoms in total. The Morgan fingerprint density at radius 2 is 1.12 bits per heavy atom. The predicted molar refractivity (Wildman–Crippen MR) is 244 cm³/mol. The van der Waals surface area contributed by atoms with Crippen LogP contribution in [0.4, 0.5) is 17.1 Å². The van der Waals surface area contributed by atoms with E-state index in [-0.39, 0.29) is 0 Å². The van der Waals surface area contributed by atoms with Gasteiger partial charge in [0, 0.05) is 59.1 Å². The second kappa shape index (κ2) is 12.3. The third kappa shape index (κ3) is 4.83. The van der Waals surface area contributed by atoms with Crippen LogP contribution < -0.4 is 15.8 Å². The van der Waals surface area contributed by atoms with E-state index in [9.17, 15) is 0 Å². The van der Waals surface area contributed by atoms with Crippen LogP contribution in [0.15, 0.2) is 188 Å². The molecule has 2 aromatic heterocycles. The first-order valence-corrected chi connectivity index (χ1v) is 20.1. The molecule has 1 aliphatic rings. The maximum atomic E-state index is 3.95. The molecule has 0 atom stereocenters. The molecule has 1 N–H and O–H groups in total. The van der Waals surface area contributed by atoms with Crippen molar-refractivity contribution in [1.29, 1.82) is 0 Å². The Morgan fingerprint density at radius 3 is 1.93 bits per heavy atom. The number of hydrogen-bond donors (Lipinski definition) is 1. The lowest BCUT2D eigenvalue weighted by Gasteiger charge is -2.35. The van der Waals surface area contributed by atoms with Crippen LogP contribution >= 0.6 is 11.3 Å². The van der Waals surface area contributed by atoms with Crippen molar-refractivity contribution >= 4 is 99.4 Å². The number of anilines is 3. The summed E-state index contributed by atoms with van der Waals surface area (Å²) in [6, 6.07) is 69.3.